The Morgan fingerprint density at radius 3 is 2.62 bits per heavy atom. The summed E-state index contributed by atoms with van der Waals surface area (Å²) < 4.78 is 10.5. The highest BCUT2D eigenvalue weighted by Crippen LogP contribution is 2.25. The van der Waals surface area contributed by atoms with Crippen molar-refractivity contribution in [1.29, 1.82) is 0 Å². The third-order valence-electron chi connectivity index (χ3n) is 3.04. The van der Waals surface area contributed by atoms with Gasteiger partial charge in [-0.15, -0.1) is 10.2 Å². The van der Waals surface area contributed by atoms with Gasteiger partial charge in [-0.3, -0.25) is 4.79 Å². The standard InChI is InChI=1S/C16H11Cl2N3O3/c17-11-3-6-14(13(18)7-11)20-15(22)8-23-12-4-1-10(2-5-12)16-21-19-9-24-16/h1-7,9H,8H2,(H,20,22). The number of nitrogens with zero attached hydrogens (tertiary/aromatic N) is 2. The molecule has 0 aliphatic heterocycles. The zero-order chi connectivity index (χ0) is 16.9. The molecule has 6 nitrogen and oxygen atoms in total. The summed E-state index contributed by atoms with van der Waals surface area (Å²) in [5.74, 6) is 0.618. The highest BCUT2D eigenvalue weighted by molar-refractivity contribution is 6.36. The number of benzene rings is 2. The Balaban J connectivity index is 1.56. The van der Waals surface area contributed by atoms with Crippen LogP contribution < -0.4 is 10.1 Å². The van der Waals surface area contributed by atoms with E-state index in [9.17, 15) is 4.79 Å². The molecule has 0 saturated carbocycles. The number of nitrogens with one attached hydrogen (secondary N) is 1. The van der Waals surface area contributed by atoms with E-state index in [1.165, 1.54) is 6.39 Å². The van der Waals surface area contributed by atoms with E-state index in [4.69, 9.17) is 32.4 Å². The van der Waals surface area contributed by atoms with Gasteiger partial charge in [0.25, 0.3) is 5.91 Å². The highest BCUT2D eigenvalue weighted by atomic mass is 35.5. The molecule has 8 heteroatoms. The lowest BCUT2D eigenvalue weighted by Crippen LogP contribution is -2.20. The fourth-order valence-electron chi connectivity index (χ4n) is 1.92. The quantitative estimate of drug-likeness (QED) is 0.739. The van der Waals surface area contributed by atoms with Crippen LogP contribution in [0.2, 0.25) is 10.0 Å². The van der Waals surface area contributed by atoms with Gasteiger partial charge in [0.1, 0.15) is 5.75 Å². The average molecular weight is 364 g/mol. The molecule has 0 aliphatic rings. The summed E-state index contributed by atoms with van der Waals surface area (Å²) in [6, 6.07) is 11.8. The molecule has 3 rings (SSSR count). The number of hydrogen-bond donors (Lipinski definition) is 1. The Kier molecular flexibility index (Phi) is 4.98. The van der Waals surface area contributed by atoms with Crippen molar-refractivity contribution >= 4 is 34.8 Å². The topological polar surface area (TPSA) is 77.2 Å². The van der Waals surface area contributed by atoms with Gasteiger partial charge in [0.15, 0.2) is 6.61 Å². The molecule has 122 valence electrons. The maximum atomic E-state index is 11.9. The Morgan fingerprint density at radius 2 is 1.96 bits per heavy atom. The highest BCUT2D eigenvalue weighted by Gasteiger charge is 2.08. The van der Waals surface area contributed by atoms with Gasteiger partial charge >= 0.3 is 0 Å². The van der Waals surface area contributed by atoms with Crippen molar-refractivity contribution in [2.45, 2.75) is 0 Å². The minimum absolute atomic E-state index is 0.154. The van der Waals surface area contributed by atoms with Crippen LogP contribution in [0.1, 0.15) is 0 Å². The van der Waals surface area contributed by atoms with Crippen LogP contribution in [0.25, 0.3) is 11.5 Å². The molecule has 0 spiro atoms. The van der Waals surface area contributed by atoms with Crippen molar-refractivity contribution in [2.24, 2.45) is 0 Å². The number of ether oxygens (including phenoxy) is 1. The first-order chi connectivity index (χ1) is 11.6. The van der Waals surface area contributed by atoms with E-state index in [1.54, 1.807) is 42.5 Å². The Morgan fingerprint density at radius 1 is 1.17 bits per heavy atom. The van der Waals surface area contributed by atoms with Gasteiger partial charge in [-0.2, -0.15) is 0 Å². The minimum atomic E-state index is -0.333. The average Bonchev–Trinajstić information content (AvgIpc) is 3.11. The smallest absolute Gasteiger partial charge is 0.262 e. The van der Waals surface area contributed by atoms with Gasteiger partial charge < -0.3 is 14.5 Å². The van der Waals surface area contributed by atoms with Gasteiger partial charge in [0.05, 0.1) is 10.7 Å². The molecule has 0 radical (unpaired) electrons. The first-order valence-electron chi connectivity index (χ1n) is 6.86. The second-order valence-electron chi connectivity index (χ2n) is 4.73. The monoisotopic (exact) mass is 363 g/mol. The van der Waals surface area contributed by atoms with E-state index in [0.717, 1.165) is 5.56 Å². The van der Waals surface area contributed by atoms with E-state index >= 15 is 0 Å². The van der Waals surface area contributed by atoms with Gasteiger partial charge in [-0.05, 0) is 42.5 Å². The predicted octanol–water partition coefficient (Wildman–Crippen LogP) is 4.06. The second kappa shape index (κ2) is 7.33. The SMILES string of the molecule is O=C(COc1ccc(-c2nnco2)cc1)Nc1ccc(Cl)cc1Cl. The number of halogens is 2. The van der Waals surface area contributed by atoms with Crippen LogP contribution in [-0.2, 0) is 4.79 Å². The number of anilines is 1. The number of aromatic nitrogens is 2. The van der Waals surface area contributed by atoms with Crippen molar-refractivity contribution in [2.75, 3.05) is 11.9 Å². The molecule has 3 aromatic rings. The summed E-state index contributed by atoms with van der Waals surface area (Å²) in [5, 5.41) is 10.9. The van der Waals surface area contributed by atoms with Crippen LogP contribution in [0.5, 0.6) is 5.75 Å². The molecule has 0 aliphatic carbocycles. The van der Waals surface area contributed by atoms with E-state index in [2.05, 4.69) is 15.5 Å². The van der Waals surface area contributed by atoms with Crippen LogP contribution in [0, 0.1) is 0 Å². The van der Waals surface area contributed by atoms with Crippen molar-refractivity contribution in [3.05, 3.63) is 58.9 Å². The first kappa shape index (κ1) is 16.3. The minimum Gasteiger partial charge on any atom is -0.484 e. The number of amides is 1. The molecule has 1 N–H and O–H groups in total. The number of hydrogen-bond acceptors (Lipinski definition) is 5. The third kappa shape index (κ3) is 4.04. The van der Waals surface area contributed by atoms with Gasteiger partial charge in [-0.25, -0.2) is 0 Å². The third-order valence-corrected chi connectivity index (χ3v) is 3.58. The molecule has 1 aromatic heterocycles. The fraction of sp³-hybridized carbons (Fsp3) is 0.0625. The molecular weight excluding hydrogens is 353 g/mol. The lowest BCUT2D eigenvalue weighted by Gasteiger charge is -2.09. The molecule has 0 saturated heterocycles. The van der Waals surface area contributed by atoms with Crippen molar-refractivity contribution < 1.29 is 13.9 Å². The summed E-state index contributed by atoms with van der Waals surface area (Å²) in [6.45, 7) is -0.154. The lowest BCUT2D eigenvalue weighted by atomic mass is 10.2. The van der Waals surface area contributed by atoms with Crippen LogP contribution in [0.15, 0.2) is 53.3 Å². The molecule has 1 heterocycles. The molecule has 2 aromatic carbocycles. The Labute approximate surface area is 147 Å². The van der Waals surface area contributed by atoms with Crippen molar-refractivity contribution in [3.63, 3.8) is 0 Å². The van der Waals surface area contributed by atoms with Gasteiger partial charge in [0, 0.05) is 10.6 Å². The van der Waals surface area contributed by atoms with Crippen LogP contribution in [0.3, 0.4) is 0 Å². The van der Waals surface area contributed by atoms with E-state index < -0.39 is 0 Å². The van der Waals surface area contributed by atoms with Crippen LogP contribution in [0.4, 0.5) is 5.69 Å². The summed E-state index contributed by atoms with van der Waals surface area (Å²) in [6.07, 6.45) is 1.26. The van der Waals surface area contributed by atoms with E-state index in [0.29, 0.717) is 27.4 Å². The van der Waals surface area contributed by atoms with Crippen LogP contribution in [-0.4, -0.2) is 22.7 Å². The molecule has 0 bridgehead atoms. The maximum absolute atomic E-state index is 11.9. The first-order valence-corrected chi connectivity index (χ1v) is 7.62. The normalized spacial score (nSPS) is 10.4. The van der Waals surface area contributed by atoms with E-state index in [-0.39, 0.29) is 12.5 Å². The molecule has 1 amide bonds. The molecular formula is C16H11Cl2N3O3. The number of carbonyl (C=O) groups excluding carboxylic acids is 1. The summed E-state index contributed by atoms with van der Waals surface area (Å²) >= 11 is 11.8. The zero-order valence-corrected chi connectivity index (χ0v) is 13.7. The lowest BCUT2D eigenvalue weighted by molar-refractivity contribution is -0.118. The zero-order valence-electron chi connectivity index (χ0n) is 12.2. The second-order valence-corrected chi connectivity index (χ2v) is 5.57. The van der Waals surface area contributed by atoms with E-state index in [1.807, 2.05) is 0 Å². The van der Waals surface area contributed by atoms with Gasteiger partial charge in [0.2, 0.25) is 12.3 Å². The molecule has 24 heavy (non-hydrogen) atoms. The fourth-order valence-corrected chi connectivity index (χ4v) is 2.37. The number of carbonyl (C=O) groups is 1. The van der Waals surface area contributed by atoms with Crippen LogP contribution >= 0.6 is 23.2 Å². The largest absolute Gasteiger partial charge is 0.484 e. The predicted molar refractivity (Wildman–Crippen MR) is 90.3 cm³/mol. The summed E-state index contributed by atoms with van der Waals surface area (Å²) in [5.41, 5.74) is 1.23. The molecule has 0 unspecified atom stereocenters. The van der Waals surface area contributed by atoms with Gasteiger partial charge in [-0.1, -0.05) is 23.2 Å². The summed E-state index contributed by atoms with van der Waals surface area (Å²) in [4.78, 5) is 11.9. The Bertz CT molecular complexity index is 836. The summed E-state index contributed by atoms with van der Waals surface area (Å²) in [7, 11) is 0. The maximum Gasteiger partial charge on any atom is 0.262 e. The molecule has 0 fully saturated rings. The number of rotatable bonds is 5. The van der Waals surface area contributed by atoms with Crippen molar-refractivity contribution in [1.82, 2.24) is 10.2 Å². The van der Waals surface area contributed by atoms with Crippen molar-refractivity contribution in [3.8, 4) is 17.2 Å². The molecule has 0 atom stereocenters. The Hall–Kier alpha value is -2.57.